The molecule has 1 fully saturated rings. The lowest BCUT2D eigenvalue weighted by Gasteiger charge is -2.32. The first kappa shape index (κ1) is 13.1. The number of aromatic carboxylic acids is 1. The molecule has 1 saturated heterocycles. The highest BCUT2D eigenvalue weighted by Crippen LogP contribution is 2.08. The molecule has 4 heteroatoms. The molecule has 2 rings (SSSR count). The maximum Gasteiger partial charge on any atom is 0.335 e. The predicted octanol–water partition coefficient (Wildman–Crippen LogP) is 1.17. The summed E-state index contributed by atoms with van der Waals surface area (Å²) in [6.45, 7) is 5.46. The number of hydrogen-bond acceptors (Lipinski definition) is 3. The van der Waals surface area contributed by atoms with E-state index in [1.165, 1.54) is 0 Å². The molecule has 1 heterocycles. The zero-order valence-electron chi connectivity index (χ0n) is 10.8. The summed E-state index contributed by atoms with van der Waals surface area (Å²) in [4.78, 5) is 15.7. The Morgan fingerprint density at radius 1 is 1.28 bits per heavy atom. The largest absolute Gasteiger partial charge is 0.478 e. The van der Waals surface area contributed by atoms with Crippen molar-refractivity contribution in [1.82, 2.24) is 9.80 Å². The van der Waals surface area contributed by atoms with Crippen LogP contribution in [0.15, 0.2) is 24.3 Å². The van der Waals surface area contributed by atoms with Crippen molar-refractivity contribution in [2.75, 3.05) is 39.8 Å². The van der Waals surface area contributed by atoms with Gasteiger partial charge in [-0.1, -0.05) is 12.1 Å². The first-order chi connectivity index (χ1) is 8.65. The number of rotatable bonds is 4. The molecule has 0 unspecified atom stereocenters. The summed E-state index contributed by atoms with van der Waals surface area (Å²) >= 11 is 0. The predicted molar refractivity (Wildman–Crippen MR) is 71.0 cm³/mol. The molecule has 1 N–H and O–H groups in total. The Morgan fingerprint density at radius 3 is 2.67 bits per heavy atom. The van der Waals surface area contributed by atoms with Crippen molar-refractivity contribution in [2.45, 2.75) is 6.42 Å². The van der Waals surface area contributed by atoms with Crippen LogP contribution in [0.5, 0.6) is 0 Å². The number of hydrogen-bond donors (Lipinski definition) is 1. The molecule has 0 radical (unpaired) electrons. The van der Waals surface area contributed by atoms with E-state index in [1.807, 2.05) is 12.1 Å². The number of likely N-dealkylation sites (N-methyl/N-ethyl adjacent to an activating group) is 1. The molecule has 4 nitrogen and oxygen atoms in total. The summed E-state index contributed by atoms with van der Waals surface area (Å²) in [5.74, 6) is -0.851. The summed E-state index contributed by atoms with van der Waals surface area (Å²) in [5.41, 5.74) is 1.49. The molecular weight excluding hydrogens is 228 g/mol. The quantitative estimate of drug-likeness (QED) is 0.869. The highest BCUT2D eigenvalue weighted by atomic mass is 16.4. The fourth-order valence-electron chi connectivity index (χ4n) is 2.22. The van der Waals surface area contributed by atoms with E-state index >= 15 is 0 Å². The lowest BCUT2D eigenvalue weighted by atomic mass is 10.1. The molecule has 1 aromatic rings. The Morgan fingerprint density at radius 2 is 2.00 bits per heavy atom. The average molecular weight is 248 g/mol. The molecule has 1 aromatic carbocycles. The zero-order chi connectivity index (χ0) is 13.0. The number of piperazine rings is 1. The number of carboxylic acids is 1. The number of carbonyl (C=O) groups is 1. The minimum atomic E-state index is -0.851. The Labute approximate surface area is 108 Å². The van der Waals surface area contributed by atoms with E-state index in [-0.39, 0.29) is 0 Å². The van der Waals surface area contributed by atoms with Crippen molar-refractivity contribution in [3.8, 4) is 0 Å². The van der Waals surface area contributed by atoms with Gasteiger partial charge in [-0.3, -0.25) is 0 Å². The monoisotopic (exact) mass is 248 g/mol. The van der Waals surface area contributed by atoms with Gasteiger partial charge in [-0.25, -0.2) is 4.79 Å². The third-order valence-electron chi connectivity index (χ3n) is 3.49. The van der Waals surface area contributed by atoms with Crippen molar-refractivity contribution in [1.29, 1.82) is 0 Å². The number of carboxylic acid groups (broad SMARTS) is 1. The van der Waals surface area contributed by atoms with Crippen LogP contribution in [0.2, 0.25) is 0 Å². The Balaban J connectivity index is 1.86. The Bertz CT molecular complexity index is 412. The van der Waals surface area contributed by atoms with Crippen molar-refractivity contribution in [2.24, 2.45) is 0 Å². The molecule has 0 aromatic heterocycles. The summed E-state index contributed by atoms with van der Waals surface area (Å²) in [6, 6.07) is 7.24. The highest BCUT2D eigenvalue weighted by molar-refractivity contribution is 5.87. The zero-order valence-corrected chi connectivity index (χ0v) is 10.8. The maximum absolute atomic E-state index is 10.9. The molecule has 1 aliphatic rings. The summed E-state index contributed by atoms with van der Waals surface area (Å²) in [7, 11) is 2.15. The standard InChI is InChI=1S/C14H20N2O2/c1-15-7-9-16(10-8-15)6-5-12-3-2-4-13(11-12)14(17)18/h2-4,11H,5-10H2,1H3,(H,17,18). The molecule has 18 heavy (non-hydrogen) atoms. The molecule has 0 atom stereocenters. The minimum Gasteiger partial charge on any atom is -0.478 e. The van der Waals surface area contributed by atoms with Gasteiger partial charge < -0.3 is 14.9 Å². The number of nitrogens with zero attached hydrogens (tertiary/aromatic N) is 2. The fraction of sp³-hybridized carbons (Fsp3) is 0.500. The first-order valence-electron chi connectivity index (χ1n) is 6.38. The van der Waals surface area contributed by atoms with Crippen LogP contribution in [0.4, 0.5) is 0 Å². The van der Waals surface area contributed by atoms with Crippen molar-refractivity contribution in [3.63, 3.8) is 0 Å². The normalized spacial score (nSPS) is 17.8. The lowest BCUT2D eigenvalue weighted by molar-refractivity contribution is 0.0696. The van der Waals surface area contributed by atoms with E-state index in [2.05, 4.69) is 16.8 Å². The molecule has 98 valence electrons. The second kappa shape index (κ2) is 5.98. The van der Waals surface area contributed by atoms with E-state index in [0.29, 0.717) is 5.56 Å². The highest BCUT2D eigenvalue weighted by Gasteiger charge is 2.13. The van der Waals surface area contributed by atoms with Gasteiger partial charge in [0.15, 0.2) is 0 Å². The Hall–Kier alpha value is -1.39. The van der Waals surface area contributed by atoms with Crippen molar-refractivity contribution < 1.29 is 9.90 Å². The second-order valence-corrected chi connectivity index (χ2v) is 4.90. The third kappa shape index (κ3) is 3.55. The van der Waals surface area contributed by atoms with E-state index in [0.717, 1.165) is 44.7 Å². The molecule has 0 amide bonds. The SMILES string of the molecule is CN1CCN(CCc2cccc(C(=O)O)c2)CC1. The van der Waals surface area contributed by atoms with Crippen LogP contribution < -0.4 is 0 Å². The smallest absolute Gasteiger partial charge is 0.335 e. The summed E-state index contributed by atoms with van der Waals surface area (Å²) < 4.78 is 0. The van der Waals surface area contributed by atoms with Gasteiger partial charge in [-0.15, -0.1) is 0 Å². The molecule has 0 bridgehead atoms. The van der Waals surface area contributed by atoms with Gasteiger partial charge in [0.05, 0.1) is 5.56 Å². The lowest BCUT2D eigenvalue weighted by Crippen LogP contribution is -2.45. The number of benzene rings is 1. The average Bonchev–Trinajstić information content (AvgIpc) is 2.38. The molecule has 0 aliphatic carbocycles. The molecule has 1 aliphatic heterocycles. The van der Waals surface area contributed by atoms with Crippen LogP contribution >= 0.6 is 0 Å². The van der Waals surface area contributed by atoms with E-state index in [9.17, 15) is 4.79 Å². The van der Waals surface area contributed by atoms with E-state index < -0.39 is 5.97 Å². The third-order valence-corrected chi connectivity index (χ3v) is 3.49. The van der Waals surface area contributed by atoms with Gasteiger partial charge in [0.25, 0.3) is 0 Å². The van der Waals surface area contributed by atoms with Crippen LogP contribution in [0.25, 0.3) is 0 Å². The van der Waals surface area contributed by atoms with Crippen LogP contribution in [0, 0.1) is 0 Å². The molecular formula is C14H20N2O2. The first-order valence-corrected chi connectivity index (χ1v) is 6.38. The van der Waals surface area contributed by atoms with Gasteiger partial charge in [-0.05, 0) is 31.2 Å². The Kier molecular flexibility index (Phi) is 4.33. The van der Waals surface area contributed by atoms with Crippen LogP contribution in [0.3, 0.4) is 0 Å². The second-order valence-electron chi connectivity index (χ2n) is 4.90. The minimum absolute atomic E-state index is 0.380. The molecule has 0 spiro atoms. The van der Waals surface area contributed by atoms with Gasteiger partial charge in [-0.2, -0.15) is 0 Å². The van der Waals surface area contributed by atoms with Crippen LogP contribution in [0.1, 0.15) is 15.9 Å². The van der Waals surface area contributed by atoms with Crippen molar-refractivity contribution >= 4 is 5.97 Å². The summed E-state index contributed by atoms with van der Waals surface area (Å²) in [5, 5.41) is 8.94. The topological polar surface area (TPSA) is 43.8 Å². The summed E-state index contributed by atoms with van der Waals surface area (Å²) in [6.07, 6.45) is 0.921. The fourth-order valence-corrected chi connectivity index (χ4v) is 2.22. The van der Waals surface area contributed by atoms with Crippen molar-refractivity contribution in [3.05, 3.63) is 35.4 Å². The van der Waals surface area contributed by atoms with Crippen LogP contribution in [-0.4, -0.2) is 60.6 Å². The van der Waals surface area contributed by atoms with E-state index in [1.54, 1.807) is 12.1 Å². The van der Waals surface area contributed by atoms with Gasteiger partial charge in [0.1, 0.15) is 0 Å². The van der Waals surface area contributed by atoms with Crippen LogP contribution in [-0.2, 0) is 6.42 Å². The molecule has 0 saturated carbocycles. The van der Waals surface area contributed by atoms with Gasteiger partial charge >= 0.3 is 5.97 Å². The van der Waals surface area contributed by atoms with E-state index in [4.69, 9.17) is 5.11 Å². The van der Waals surface area contributed by atoms with Gasteiger partial charge in [0, 0.05) is 32.7 Å². The van der Waals surface area contributed by atoms with Gasteiger partial charge in [0.2, 0.25) is 0 Å². The maximum atomic E-state index is 10.9.